The van der Waals surface area contributed by atoms with Gasteiger partial charge in [0.05, 0.1) is 0 Å². The van der Waals surface area contributed by atoms with E-state index in [9.17, 15) is 0 Å². The summed E-state index contributed by atoms with van der Waals surface area (Å²) in [7, 11) is 2.27. The van der Waals surface area contributed by atoms with Crippen LogP contribution in [0.15, 0.2) is 12.4 Å². The van der Waals surface area contributed by atoms with Crippen molar-refractivity contribution in [2.75, 3.05) is 13.6 Å². The van der Waals surface area contributed by atoms with Crippen molar-refractivity contribution in [3.63, 3.8) is 0 Å². The van der Waals surface area contributed by atoms with Gasteiger partial charge in [-0.1, -0.05) is 168 Å². The highest BCUT2D eigenvalue weighted by molar-refractivity contribution is 4.95. The largest absolute Gasteiger partial charge is 0.359 e. The van der Waals surface area contributed by atoms with E-state index in [1.807, 2.05) is 0 Å². The molecule has 214 valence electrons. The molecule has 0 amide bonds. The van der Waals surface area contributed by atoms with Gasteiger partial charge in [-0.3, -0.25) is 0 Å². The number of hydrogen-bond donors (Lipinski definition) is 0. The summed E-state index contributed by atoms with van der Waals surface area (Å²) in [6.07, 6.45) is 44.1. The van der Waals surface area contributed by atoms with Crippen LogP contribution in [-0.4, -0.2) is 29.6 Å². The minimum absolute atomic E-state index is 0.620. The number of nitrogens with zero attached hydrogens (tertiary/aromatic N) is 2. The zero-order chi connectivity index (χ0) is 25.9. The van der Waals surface area contributed by atoms with Gasteiger partial charge < -0.3 is 9.80 Å². The van der Waals surface area contributed by atoms with Gasteiger partial charge in [0.1, 0.15) is 6.17 Å². The van der Waals surface area contributed by atoms with Crippen LogP contribution in [0.4, 0.5) is 0 Å². The van der Waals surface area contributed by atoms with E-state index in [0.717, 1.165) is 0 Å². The van der Waals surface area contributed by atoms with E-state index >= 15 is 0 Å². The molecule has 0 aliphatic carbocycles. The molecule has 1 unspecified atom stereocenters. The molecule has 2 heteroatoms. The van der Waals surface area contributed by atoms with Crippen LogP contribution in [0, 0.1) is 0 Å². The summed E-state index contributed by atoms with van der Waals surface area (Å²) in [5, 5.41) is 0. The van der Waals surface area contributed by atoms with Crippen LogP contribution >= 0.6 is 0 Å². The van der Waals surface area contributed by atoms with Crippen LogP contribution in [0.2, 0.25) is 0 Å². The SMILES string of the molecule is CCCCCCCCCCCCCCCCN1C=CN(C)C1CCCCCCCCCCCCCC. The summed E-state index contributed by atoms with van der Waals surface area (Å²) in [6.45, 7) is 5.86. The van der Waals surface area contributed by atoms with Gasteiger partial charge in [0, 0.05) is 26.0 Å². The van der Waals surface area contributed by atoms with Crippen molar-refractivity contribution in [2.24, 2.45) is 0 Å². The molecule has 36 heavy (non-hydrogen) atoms. The van der Waals surface area contributed by atoms with E-state index in [1.165, 1.54) is 180 Å². The van der Waals surface area contributed by atoms with Gasteiger partial charge in [-0.25, -0.2) is 0 Å². The van der Waals surface area contributed by atoms with Gasteiger partial charge in [-0.2, -0.15) is 0 Å². The Morgan fingerprint density at radius 1 is 0.417 bits per heavy atom. The van der Waals surface area contributed by atoms with Crippen LogP contribution in [0.5, 0.6) is 0 Å². The lowest BCUT2D eigenvalue weighted by Crippen LogP contribution is -2.37. The van der Waals surface area contributed by atoms with Crippen molar-refractivity contribution in [3.8, 4) is 0 Å². The van der Waals surface area contributed by atoms with Crippen molar-refractivity contribution < 1.29 is 0 Å². The monoisotopic (exact) mass is 505 g/mol. The third-order valence-electron chi connectivity index (χ3n) is 8.43. The lowest BCUT2D eigenvalue weighted by molar-refractivity contribution is 0.159. The van der Waals surface area contributed by atoms with Crippen LogP contribution in [-0.2, 0) is 0 Å². The Balaban J connectivity index is 1.89. The molecule has 1 atom stereocenters. The van der Waals surface area contributed by atoms with Crippen LogP contribution in [0.1, 0.15) is 187 Å². The highest BCUT2D eigenvalue weighted by Crippen LogP contribution is 2.22. The van der Waals surface area contributed by atoms with Gasteiger partial charge >= 0.3 is 0 Å². The molecule has 0 aromatic carbocycles. The fourth-order valence-electron chi connectivity index (χ4n) is 5.87. The predicted molar refractivity (Wildman–Crippen MR) is 163 cm³/mol. The fourth-order valence-corrected chi connectivity index (χ4v) is 5.87. The maximum atomic E-state index is 2.62. The Kier molecular flexibility index (Phi) is 24.1. The molecule has 0 radical (unpaired) electrons. The summed E-state index contributed by atoms with van der Waals surface area (Å²) < 4.78 is 0. The quantitative estimate of drug-likeness (QED) is 0.0977. The minimum Gasteiger partial charge on any atom is -0.359 e. The van der Waals surface area contributed by atoms with Crippen LogP contribution in [0.3, 0.4) is 0 Å². The van der Waals surface area contributed by atoms with Crippen molar-refractivity contribution in [1.29, 1.82) is 0 Å². The second-order valence-corrected chi connectivity index (χ2v) is 12.0. The molecule has 0 saturated carbocycles. The Labute approximate surface area is 229 Å². The fraction of sp³-hybridized carbons (Fsp3) is 0.941. The molecule has 1 aliphatic rings. The average Bonchev–Trinajstić information content (AvgIpc) is 3.23. The predicted octanol–water partition coefficient (Wildman–Crippen LogP) is 11.6. The van der Waals surface area contributed by atoms with E-state index in [-0.39, 0.29) is 0 Å². The first-order valence-corrected chi connectivity index (χ1v) is 17.0. The lowest BCUT2D eigenvalue weighted by atomic mass is 10.0. The first-order chi connectivity index (χ1) is 17.8. The Morgan fingerprint density at radius 3 is 1.14 bits per heavy atom. The van der Waals surface area contributed by atoms with Crippen molar-refractivity contribution in [2.45, 2.75) is 193 Å². The Morgan fingerprint density at radius 2 is 0.750 bits per heavy atom. The average molecular weight is 505 g/mol. The minimum atomic E-state index is 0.620. The van der Waals surface area contributed by atoms with Crippen LogP contribution in [0.25, 0.3) is 0 Å². The zero-order valence-electron chi connectivity index (χ0n) is 25.4. The van der Waals surface area contributed by atoms with E-state index in [0.29, 0.717) is 6.17 Å². The summed E-state index contributed by atoms with van der Waals surface area (Å²) >= 11 is 0. The summed E-state index contributed by atoms with van der Waals surface area (Å²) in [5.74, 6) is 0. The molecule has 1 rings (SSSR count). The van der Waals surface area contributed by atoms with Crippen molar-refractivity contribution >= 4 is 0 Å². The number of hydrogen-bond acceptors (Lipinski definition) is 2. The second kappa shape index (κ2) is 26.0. The van der Waals surface area contributed by atoms with Crippen molar-refractivity contribution in [3.05, 3.63) is 12.4 Å². The first-order valence-electron chi connectivity index (χ1n) is 17.0. The molecule has 0 aromatic rings. The van der Waals surface area contributed by atoms with Gasteiger partial charge in [-0.05, 0) is 19.3 Å². The molecule has 0 fully saturated rings. The third-order valence-corrected chi connectivity index (χ3v) is 8.43. The van der Waals surface area contributed by atoms with Crippen molar-refractivity contribution in [1.82, 2.24) is 9.80 Å². The van der Waals surface area contributed by atoms with E-state index in [2.05, 4.69) is 43.1 Å². The summed E-state index contributed by atoms with van der Waals surface area (Å²) in [5.41, 5.74) is 0. The maximum absolute atomic E-state index is 2.62. The van der Waals surface area contributed by atoms with E-state index < -0.39 is 0 Å². The van der Waals surface area contributed by atoms with E-state index in [4.69, 9.17) is 0 Å². The standard InChI is InChI=1S/C34H68N2/c1-4-6-8-10-12-14-16-18-19-21-23-25-27-29-31-36-33-32-35(3)34(36)30-28-26-24-22-20-17-15-13-11-9-7-5-2/h32-34H,4-31H2,1-3H3. The Bertz CT molecular complexity index is 460. The second-order valence-electron chi connectivity index (χ2n) is 12.0. The first kappa shape index (κ1) is 33.4. The van der Waals surface area contributed by atoms with Gasteiger partial charge in [0.25, 0.3) is 0 Å². The van der Waals surface area contributed by atoms with Gasteiger partial charge in [0.2, 0.25) is 0 Å². The molecular formula is C34H68N2. The lowest BCUT2D eigenvalue weighted by Gasteiger charge is -2.30. The molecule has 0 spiro atoms. The summed E-state index contributed by atoms with van der Waals surface area (Å²) in [4.78, 5) is 5.07. The molecule has 0 saturated heterocycles. The molecule has 2 nitrogen and oxygen atoms in total. The normalized spacial score (nSPS) is 15.5. The van der Waals surface area contributed by atoms with E-state index in [1.54, 1.807) is 0 Å². The van der Waals surface area contributed by atoms with Gasteiger partial charge in [0.15, 0.2) is 0 Å². The molecule has 0 bridgehead atoms. The Hall–Kier alpha value is -0.660. The third kappa shape index (κ3) is 19.5. The topological polar surface area (TPSA) is 6.48 Å². The molecule has 1 heterocycles. The molecule has 0 aromatic heterocycles. The molecule has 1 aliphatic heterocycles. The highest BCUT2D eigenvalue weighted by atomic mass is 15.4. The highest BCUT2D eigenvalue weighted by Gasteiger charge is 2.22. The maximum Gasteiger partial charge on any atom is 0.100 e. The number of unbranched alkanes of at least 4 members (excludes halogenated alkanes) is 24. The zero-order valence-corrected chi connectivity index (χ0v) is 25.4. The van der Waals surface area contributed by atoms with Crippen LogP contribution < -0.4 is 0 Å². The van der Waals surface area contributed by atoms with Gasteiger partial charge in [-0.15, -0.1) is 0 Å². The smallest absolute Gasteiger partial charge is 0.100 e. The molecular weight excluding hydrogens is 436 g/mol. The molecule has 0 N–H and O–H groups in total. The number of rotatable bonds is 28. The summed E-state index contributed by atoms with van der Waals surface area (Å²) in [6, 6.07) is 0.